The van der Waals surface area contributed by atoms with Crippen molar-refractivity contribution in [2.75, 3.05) is 59.0 Å². The number of likely N-dealkylation sites (tertiary alicyclic amines) is 1. The predicted octanol–water partition coefficient (Wildman–Crippen LogP) is 0.276. The van der Waals surface area contributed by atoms with Crippen molar-refractivity contribution < 1.29 is 14.6 Å². The molecule has 0 aliphatic carbocycles. The summed E-state index contributed by atoms with van der Waals surface area (Å²) in [4.78, 5) is 18.4. The van der Waals surface area contributed by atoms with Gasteiger partial charge in [0.25, 0.3) is 0 Å². The zero-order valence-electron chi connectivity index (χ0n) is 14.1. The van der Waals surface area contributed by atoms with Crippen LogP contribution < -0.4 is 4.74 Å². The number of piperazine rings is 1. The van der Waals surface area contributed by atoms with Gasteiger partial charge in [-0.2, -0.15) is 0 Å². The van der Waals surface area contributed by atoms with Gasteiger partial charge in [-0.15, -0.1) is 0 Å². The van der Waals surface area contributed by atoms with Crippen LogP contribution >= 0.6 is 0 Å². The average Bonchev–Trinajstić information content (AvgIpc) is 2.54. The first-order valence-electron chi connectivity index (χ1n) is 8.79. The number of benzene rings is 1. The van der Waals surface area contributed by atoms with Gasteiger partial charge < -0.3 is 14.7 Å². The van der Waals surface area contributed by atoms with Crippen molar-refractivity contribution in [3.8, 4) is 5.75 Å². The van der Waals surface area contributed by atoms with Gasteiger partial charge in [-0.3, -0.25) is 14.6 Å². The molecule has 6 nitrogen and oxygen atoms in total. The largest absolute Gasteiger partial charge is 0.491 e. The van der Waals surface area contributed by atoms with E-state index in [-0.39, 0.29) is 5.91 Å². The Bertz CT molecular complexity index is 514. The summed E-state index contributed by atoms with van der Waals surface area (Å²) in [5.41, 5.74) is 0. The fraction of sp³-hybridized carbons (Fsp3) is 0.611. The summed E-state index contributed by atoms with van der Waals surface area (Å²) >= 11 is 0. The lowest BCUT2D eigenvalue weighted by Crippen LogP contribution is -2.53. The highest BCUT2D eigenvalue weighted by molar-refractivity contribution is 5.78. The zero-order valence-corrected chi connectivity index (χ0v) is 14.1. The van der Waals surface area contributed by atoms with Gasteiger partial charge in [0.1, 0.15) is 18.5 Å². The van der Waals surface area contributed by atoms with E-state index in [0.717, 1.165) is 51.4 Å². The molecule has 1 aromatic rings. The molecule has 2 aliphatic heterocycles. The predicted molar refractivity (Wildman–Crippen MR) is 92.0 cm³/mol. The number of ether oxygens (including phenoxy) is 1. The van der Waals surface area contributed by atoms with Gasteiger partial charge in [0, 0.05) is 45.8 Å². The third kappa shape index (κ3) is 4.93. The quantitative estimate of drug-likeness (QED) is 0.777. The molecule has 2 heterocycles. The summed E-state index contributed by atoms with van der Waals surface area (Å²) in [6.07, 6.45) is 0.641. The molecule has 0 aromatic heterocycles. The van der Waals surface area contributed by atoms with Crippen molar-refractivity contribution >= 4 is 5.91 Å². The minimum Gasteiger partial charge on any atom is -0.491 e. The minimum absolute atomic E-state index is 0.256. The van der Waals surface area contributed by atoms with Crippen LogP contribution in [0.3, 0.4) is 0 Å². The molecule has 0 unspecified atom stereocenters. The fourth-order valence-electron chi connectivity index (χ4n) is 3.05. The molecule has 0 bridgehead atoms. The highest BCUT2D eigenvalue weighted by atomic mass is 16.5. The summed E-state index contributed by atoms with van der Waals surface area (Å²) in [5, 5.41) is 10.1. The lowest BCUT2D eigenvalue weighted by atomic mass is 10.2. The van der Waals surface area contributed by atoms with E-state index >= 15 is 0 Å². The van der Waals surface area contributed by atoms with Crippen LogP contribution in [0.4, 0.5) is 0 Å². The van der Waals surface area contributed by atoms with Gasteiger partial charge in [0.15, 0.2) is 0 Å². The van der Waals surface area contributed by atoms with Crippen LogP contribution in [0.15, 0.2) is 30.3 Å². The summed E-state index contributed by atoms with van der Waals surface area (Å²) in [6.45, 7) is 6.83. The van der Waals surface area contributed by atoms with Gasteiger partial charge in [-0.05, 0) is 18.6 Å². The number of para-hydroxylation sites is 1. The topological polar surface area (TPSA) is 56.3 Å². The van der Waals surface area contributed by atoms with Crippen LogP contribution in [0.5, 0.6) is 5.75 Å². The molecule has 0 spiro atoms. The van der Waals surface area contributed by atoms with E-state index in [9.17, 15) is 9.90 Å². The number of carbonyl (C=O) groups excluding carboxylic acids is 1. The van der Waals surface area contributed by atoms with E-state index in [1.165, 1.54) is 0 Å². The van der Waals surface area contributed by atoms with E-state index < -0.39 is 6.10 Å². The Labute approximate surface area is 143 Å². The van der Waals surface area contributed by atoms with Crippen molar-refractivity contribution in [3.63, 3.8) is 0 Å². The number of aliphatic hydroxyl groups is 1. The number of amides is 1. The highest BCUT2D eigenvalue weighted by Gasteiger charge is 2.25. The molecular formula is C18H27N3O3. The van der Waals surface area contributed by atoms with E-state index in [1.807, 2.05) is 35.2 Å². The maximum absolute atomic E-state index is 12.0. The molecular weight excluding hydrogens is 306 g/mol. The van der Waals surface area contributed by atoms with Crippen molar-refractivity contribution in [1.29, 1.82) is 0 Å². The molecule has 1 amide bonds. The first-order chi connectivity index (χ1) is 11.7. The normalized spacial score (nSPS) is 20.5. The van der Waals surface area contributed by atoms with Gasteiger partial charge in [0.05, 0.1) is 6.54 Å². The number of β-amino-alcohol motifs (C(OH)–C–C–N with tert-alkyl or cyclic N) is 1. The van der Waals surface area contributed by atoms with Crippen molar-refractivity contribution in [2.45, 2.75) is 12.5 Å². The molecule has 132 valence electrons. The maximum Gasteiger partial charge on any atom is 0.236 e. The van der Waals surface area contributed by atoms with Crippen LogP contribution in [-0.4, -0.2) is 90.8 Å². The van der Waals surface area contributed by atoms with Crippen LogP contribution in [0.25, 0.3) is 0 Å². The van der Waals surface area contributed by atoms with Gasteiger partial charge in [-0.1, -0.05) is 18.2 Å². The van der Waals surface area contributed by atoms with Gasteiger partial charge in [0.2, 0.25) is 5.91 Å². The summed E-state index contributed by atoms with van der Waals surface area (Å²) in [6, 6.07) is 9.56. The molecule has 0 saturated carbocycles. The first-order valence-corrected chi connectivity index (χ1v) is 8.79. The van der Waals surface area contributed by atoms with Crippen LogP contribution in [0, 0.1) is 0 Å². The fourth-order valence-corrected chi connectivity index (χ4v) is 3.05. The van der Waals surface area contributed by atoms with E-state index in [1.54, 1.807) is 0 Å². The zero-order chi connectivity index (χ0) is 16.8. The number of hydrogen-bond donors (Lipinski definition) is 1. The van der Waals surface area contributed by atoms with Gasteiger partial charge >= 0.3 is 0 Å². The van der Waals surface area contributed by atoms with E-state index in [2.05, 4.69) is 9.80 Å². The Hall–Kier alpha value is -1.63. The molecule has 1 N–H and O–H groups in total. The molecule has 2 saturated heterocycles. The minimum atomic E-state index is -0.500. The Morgan fingerprint density at radius 2 is 1.71 bits per heavy atom. The second-order valence-electron chi connectivity index (χ2n) is 6.59. The second kappa shape index (κ2) is 8.46. The highest BCUT2D eigenvalue weighted by Crippen LogP contribution is 2.10. The Balaban J connectivity index is 1.32. The third-order valence-corrected chi connectivity index (χ3v) is 4.69. The molecule has 3 rings (SSSR count). The monoisotopic (exact) mass is 333 g/mol. The summed E-state index contributed by atoms with van der Waals surface area (Å²) in [7, 11) is 0. The molecule has 6 heteroatoms. The van der Waals surface area contributed by atoms with Crippen molar-refractivity contribution in [3.05, 3.63) is 30.3 Å². The summed E-state index contributed by atoms with van der Waals surface area (Å²) < 4.78 is 5.59. The average molecular weight is 333 g/mol. The Morgan fingerprint density at radius 3 is 2.33 bits per heavy atom. The molecule has 1 atom stereocenters. The summed E-state index contributed by atoms with van der Waals surface area (Å²) in [5.74, 6) is 1.04. The lowest BCUT2D eigenvalue weighted by Gasteiger charge is -2.37. The Kier molecular flexibility index (Phi) is 6.07. The van der Waals surface area contributed by atoms with E-state index in [0.29, 0.717) is 19.7 Å². The van der Waals surface area contributed by atoms with Crippen LogP contribution in [0.1, 0.15) is 6.42 Å². The number of hydrogen-bond acceptors (Lipinski definition) is 5. The number of nitrogens with zero attached hydrogens (tertiary/aromatic N) is 3. The SMILES string of the molecule is O=C(CN1CCN(C[C@@H](O)COc2ccccc2)CC1)N1CCC1. The molecule has 1 aromatic carbocycles. The van der Waals surface area contributed by atoms with Crippen LogP contribution in [0.2, 0.25) is 0 Å². The number of aliphatic hydroxyl groups excluding tert-OH is 1. The van der Waals surface area contributed by atoms with Crippen LogP contribution in [-0.2, 0) is 4.79 Å². The van der Waals surface area contributed by atoms with Gasteiger partial charge in [-0.25, -0.2) is 0 Å². The molecule has 2 fully saturated rings. The second-order valence-corrected chi connectivity index (χ2v) is 6.59. The third-order valence-electron chi connectivity index (χ3n) is 4.69. The molecule has 24 heavy (non-hydrogen) atoms. The molecule has 0 radical (unpaired) electrons. The first kappa shape index (κ1) is 17.2. The standard InChI is InChI=1S/C18H27N3O3/c22-16(15-24-17-5-2-1-3-6-17)13-19-9-11-20(12-10-19)14-18(23)21-7-4-8-21/h1-3,5-6,16,22H,4,7-15H2/t16-/m1/s1. The smallest absolute Gasteiger partial charge is 0.236 e. The Morgan fingerprint density at radius 1 is 1.04 bits per heavy atom. The number of rotatable bonds is 7. The number of carbonyl (C=O) groups is 1. The van der Waals surface area contributed by atoms with E-state index in [4.69, 9.17) is 4.74 Å². The lowest BCUT2D eigenvalue weighted by molar-refractivity contribution is -0.136. The van der Waals surface area contributed by atoms with Crippen molar-refractivity contribution in [1.82, 2.24) is 14.7 Å². The maximum atomic E-state index is 12.0. The molecule has 2 aliphatic rings. The van der Waals surface area contributed by atoms with Crippen molar-refractivity contribution in [2.24, 2.45) is 0 Å².